The van der Waals surface area contributed by atoms with Crippen LogP contribution in [0, 0.1) is 0 Å². The molecule has 0 saturated heterocycles. The van der Waals surface area contributed by atoms with Crippen LogP contribution < -0.4 is 5.32 Å². The van der Waals surface area contributed by atoms with E-state index >= 15 is 0 Å². The van der Waals surface area contributed by atoms with Gasteiger partial charge in [-0.3, -0.25) is 9.59 Å². The van der Waals surface area contributed by atoms with Crippen LogP contribution in [-0.2, 0) is 9.59 Å². The van der Waals surface area contributed by atoms with E-state index in [0.29, 0.717) is 10.6 Å². The maximum absolute atomic E-state index is 12.1. The third kappa shape index (κ3) is 4.54. The number of nitrogens with zero attached hydrogens (tertiary/aromatic N) is 1. The fourth-order valence-corrected chi connectivity index (χ4v) is 1.33. The molecule has 0 aliphatic rings. The Bertz CT molecular complexity index is 477. The molecular weight excluding hydrogens is 277 g/mol. The number of likely N-dealkylation sites (N-methyl/N-ethyl adjacent to an activating group) is 1. The predicted molar refractivity (Wildman–Crippen MR) is 64.8 cm³/mol. The van der Waals surface area contributed by atoms with E-state index < -0.39 is 30.6 Å². The Kier molecular flexibility index (Phi) is 5.09. The summed E-state index contributed by atoms with van der Waals surface area (Å²) in [5, 5.41) is 11.1. The molecular formula is C12H13F3N2O3. The van der Waals surface area contributed by atoms with Crippen molar-refractivity contribution in [3.8, 4) is 0 Å². The number of nitrogens with one attached hydrogen (secondary N) is 1. The average Bonchev–Trinajstić information content (AvgIpc) is 2.37. The van der Waals surface area contributed by atoms with Gasteiger partial charge in [-0.15, -0.1) is 0 Å². The van der Waals surface area contributed by atoms with E-state index in [4.69, 9.17) is 5.11 Å². The van der Waals surface area contributed by atoms with Gasteiger partial charge in [-0.25, -0.2) is 0 Å². The van der Waals surface area contributed by atoms with Gasteiger partial charge in [0.25, 0.3) is 0 Å². The fourth-order valence-electron chi connectivity index (χ4n) is 1.33. The van der Waals surface area contributed by atoms with Crippen molar-refractivity contribution in [1.29, 1.82) is 0 Å². The number of benzene rings is 1. The van der Waals surface area contributed by atoms with E-state index in [9.17, 15) is 22.8 Å². The van der Waals surface area contributed by atoms with Crippen LogP contribution in [-0.4, -0.2) is 47.7 Å². The quantitative estimate of drug-likeness (QED) is 0.816. The molecule has 1 rings (SSSR count). The van der Waals surface area contributed by atoms with Crippen LogP contribution in [0.3, 0.4) is 0 Å². The summed E-state index contributed by atoms with van der Waals surface area (Å²) in [4.78, 5) is 23.6. The van der Waals surface area contributed by atoms with E-state index in [2.05, 4.69) is 5.32 Å². The summed E-state index contributed by atoms with van der Waals surface area (Å²) in [6, 6.07) is 7.99. The number of aliphatic hydroxyl groups is 1. The van der Waals surface area contributed by atoms with Crippen LogP contribution in [0.2, 0.25) is 0 Å². The molecule has 20 heavy (non-hydrogen) atoms. The molecule has 0 saturated carbocycles. The highest BCUT2D eigenvalue weighted by Gasteiger charge is 2.39. The molecule has 0 radical (unpaired) electrons. The van der Waals surface area contributed by atoms with Crippen LogP contribution in [0.15, 0.2) is 30.3 Å². The van der Waals surface area contributed by atoms with Crippen molar-refractivity contribution in [2.45, 2.75) is 12.3 Å². The lowest BCUT2D eigenvalue weighted by atomic mass is 10.3. The number of anilines is 1. The van der Waals surface area contributed by atoms with Gasteiger partial charge < -0.3 is 15.3 Å². The smallest absolute Gasteiger partial charge is 0.382 e. The Morgan fingerprint density at radius 3 is 2.35 bits per heavy atom. The largest absolute Gasteiger partial charge is 0.416 e. The first-order chi connectivity index (χ1) is 9.21. The summed E-state index contributed by atoms with van der Waals surface area (Å²) in [6.07, 6.45) is -7.54. The van der Waals surface area contributed by atoms with Crippen LogP contribution in [0.5, 0.6) is 0 Å². The summed E-state index contributed by atoms with van der Waals surface area (Å²) in [5.74, 6) is -2.25. The molecule has 0 aromatic heterocycles. The Balaban J connectivity index is 2.59. The Morgan fingerprint density at radius 2 is 1.85 bits per heavy atom. The fraction of sp³-hybridized carbons (Fsp3) is 0.333. The normalized spacial score (nSPS) is 12.7. The topological polar surface area (TPSA) is 69.6 Å². The van der Waals surface area contributed by atoms with Crippen LogP contribution in [0.25, 0.3) is 0 Å². The number of amides is 2. The number of rotatable bonds is 3. The summed E-state index contributed by atoms with van der Waals surface area (Å²) >= 11 is 0. The van der Waals surface area contributed by atoms with E-state index in [0.717, 1.165) is 7.05 Å². The predicted octanol–water partition coefficient (Wildman–Crippen LogP) is 1.01. The molecule has 110 valence electrons. The minimum Gasteiger partial charge on any atom is -0.382 e. The van der Waals surface area contributed by atoms with Crippen molar-refractivity contribution < 1.29 is 27.9 Å². The van der Waals surface area contributed by atoms with Crippen LogP contribution in [0.4, 0.5) is 18.9 Å². The van der Waals surface area contributed by atoms with Crippen LogP contribution >= 0.6 is 0 Å². The zero-order chi connectivity index (χ0) is 15.3. The maximum atomic E-state index is 12.1. The minimum absolute atomic E-state index is 0.343. The monoisotopic (exact) mass is 290 g/mol. The second kappa shape index (κ2) is 6.38. The van der Waals surface area contributed by atoms with Gasteiger partial charge in [0.05, 0.1) is 6.54 Å². The average molecular weight is 290 g/mol. The molecule has 0 heterocycles. The molecule has 0 aliphatic heterocycles. The van der Waals surface area contributed by atoms with Crippen molar-refractivity contribution in [2.75, 3.05) is 18.9 Å². The van der Waals surface area contributed by atoms with Gasteiger partial charge in [0.1, 0.15) is 0 Å². The molecule has 0 bridgehead atoms. The summed E-state index contributed by atoms with van der Waals surface area (Å²) in [6.45, 7) is -1.01. The molecule has 5 nitrogen and oxygen atoms in total. The van der Waals surface area contributed by atoms with Gasteiger partial charge in [-0.1, -0.05) is 18.2 Å². The Morgan fingerprint density at radius 1 is 1.30 bits per heavy atom. The number of hydrogen-bond acceptors (Lipinski definition) is 3. The molecule has 0 spiro atoms. The molecule has 1 atom stereocenters. The van der Waals surface area contributed by atoms with E-state index in [1.165, 1.54) is 12.1 Å². The number of carbonyl (C=O) groups excluding carboxylic acids is 2. The standard InChI is InChI=1S/C12H13F3N2O3/c1-17(7-9(18)12(13,14)15)11(20)10(19)16-8-5-3-2-4-6-8/h2-6,9,18H,7H2,1H3,(H,16,19). The molecule has 2 amide bonds. The van der Waals surface area contributed by atoms with E-state index in [1.807, 2.05) is 0 Å². The SMILES string of the molecule is CN(CC(O)C(F)(F)F)C(=O)C(=O)Nc1ccccc1. The molecule has 0 fully saturated rings. The summed E-state index contributed by atoms with van der Waals surface area (Å²) in [5.41, 5.74) is 0.343. The second-order valence-electron chi connectivity index (χ2n) is 4.06. The molecule has 8 heteroatoms. The minimum atomic E-state index is -4.84. The first kappa shape index (κ1) is 16.0. The Hall–Kier alpha value is -2.09. The zero-order valence-electron chi connectivity index (χ0n) is 10.5. The Labute approximate surface area is 113 Å². The van der Waals surface area contributed by atoms with E-state index in [1.54, 1.807) is 18.2 Å². The molecule has 0 aliphatic carbocycles. The van der Waals surface area contributed by atoms with Crippen molar-refractivity contribution in [3.63, 3.8) is 0 Å². The molecule has 2 N–H and O–H groups in total. The number of para-hydroxylation sites is 1. The lowest BCUT2D eigenvalue weighted by Crippen LogP contribution is -2.45. The number of halogens is 3. The lowest BCUT2D eigenvalue weighted by Gasteiger charge is -2.21. The van der Waals surface area contributed by atoms with Crippen molar-refractivity contribution in [2.24, 2.45) is 0 Å². The molecule has 1 aromatic carbocycles. The zero-order valence-corrected chi connectivity index (χ0v) is 10.5. The van der Waals surface area contributed by atoms with E-state index in [-0.39, 0.29) is 0 Å². The highest BCUT2D eigenvalue weighted by Crippen LogP contribution is 2.20. The second-order valence-corrected chi connectivity index (χ2v) is 4.06. The first-order valence-electron chi connectivity index (χ1n) is 5.58. The van der Waals surface area contributed by atoms with Gasteiger partial charge in [-0.05, 0) is 12.1 Å². The third-order valence-corrected chi connectivity index (χ3v) is 2.40. The van der Waals surface area contributed by atoms with Crippen molar-refractivity contribution in [1.82, 2.24) is 4.90 Å². The highest BCUT2D eigenvalue weighted by molar-refractivity contribution is 6.39. The number of hydrogen-bond donors (Lipinski definition) is 2. The van der Waals surface area contributed by atoms with Gasteiger partial charge in [0.15, 0.2) is 6.10 Å². The number of aliphatic hydroxyl groups excluding tert-OH is 1. The lowest BCUT2D eigenvalue weighted by molar-refractivity contribution is -0.207. The first-order valence-corrected chi connectivity index (χ1v) is 5.58. The number of carbonyl (C=O) groups is 2. The molecule has 1 unspecified atom stereocenters. The van der Waals surface area contributed by atoms with Gasteiger partial charge >= 0.3 is 18.0 Å². The van der Waals surface area contributed by atoms with Crippen molar-refractivity contribution in [3.05, 3.63) is 30.3 Å². The maximum Gasteiger partial charge on any atom is 0.416 e. The summed E-state index contributed by atoms with van der Waals surface area (Å²) < 4.78 is 36.4. The van der Waals surface area contributed by atoms with Gasteiger partial charge in [0, 0.05) is 12.7 Å². The third-order valence-electron chi connectivity index (χ3n) is 2.40. The number of alkyl halides is 3. The molecule has 1 aromatic rings. The van der Waals surface area contributed by atoms with Gasteiger partial charge in [0.2, 0.25) is 0 Å². The van der Waals surface area contributed by atoms with Crippen molar-refractivity contribution >= 4 is 17.5 Å². The van der Waals surface area contributed by atoms with Gasteiger partial charge in [-0.2, -0.15) is 13.2 Å². The highest BCUT2D eigenvalue weighted by atomic mass is 19.4. The summed E-state index contributed by atoms with van der Waals surface area (Å²) in [7, 11) is 1.00. The van der Waals surface area contributed by atoms with Crippen LogP contribution in [0.1, 0.15) is 0 Å².